The van der Waals surface area contributed by atoms with Crippen molar-refractivity contribution in [2.75, 3.05) is 24.1 Å². The third-order valence-corrected chi connectivity index (χ3v) is 6.12. The molecule has 0 radical (unpaired) electrons. The van der Waals surface area contributed by atoms with Gasteiger partial charge in [0.15, 0.2) is 11.5 Å². The molecule has 11 nitrogen and oxygen atoms in total. The Labute approximate surface area is 202 Å². The van der Waals surface area contributed by atoms with Crippen molar-refractivity contribution in [1.29, 1.82) is 0 Å². The molecule has 0 unspecified atom stereocenters. The van der Waals surface area contributed by atoms with Crippen LogP contribution in [0.3, 0.4) is 0 Å². The maximum atomic E-state index is 11.9. The van der Waals surface area contributed by atoms with E-state index in [1.807, 2.05) is 40.2 Å². The van der Waals surface area contributed by atoms with Gasteiger partial charge in [0.25, 0.3) is 0 Å². The van der Waals surface area contributed by atoms with Crippen molar-refractivity contribution >= 4 is 23.2 Å². The third kappa shape index (κ3) is 4.44. The number of nitrogens with zero attached hydrogens (tertiary/aromatic N) is 8. The van der Waals surface area contributed by atoms with E-state index in [-0.39, 0.29) is 18.0 Å². The molecular formula is C24H28N10O. The second kappa shape index (κ2) is 9.16. The van der Waals surface area contributed by atoms with Crippen LogP contribution in [0.4, 0.5) is 11.6 Å². The number of amides is 1. The van der Waals surface area contributed by atoms with Crippen LogP contribution in [0, 0.1) is 0 Å². The normalized spacial score (nSPS) is 14.5. The van der Waals surface area contributed by atoms with Crippen LogP contribution in [0.1, 0.15) is 32.7 Å². The molecule has 1 saturated heterocycles. The standard InChI is InChI=1S/C24H28N10O/c1-4-22(35)32-9-7-18(8-10-32)33-14-17(13-27-33)16-11-19(23(25)26-12-16)24-30-29-21-6-5-20(28-15(2)3)31-34(21)24/h4-6,11-15,18H,1,7-10H2,2-3H3,(H2,25,26)(H,28,31). The second-order valence-corrected chi connectivity index (χ2v) is 8.94. The van der Waals surface area contributed by atoms with Crippen LogP contribution >= 0.6 is 0 Å². The van der Waals surface area contributed by atoms with Gasteiger partial charge in [0, 0.05) is 42.7 Å². The van der Waals surface area contributed by atoms with Gasteiger partial charge in [-0.25, -0.2) is 4.98 Å². The Balaban J connectivity index is 1.42. The minimum Gasteiger partial charge on any atom is -0.383 e. The first-order valence-electron chi connectivity index (χ1n) is 11.6. The number of anilines is 2. The topological polar surface area (TPSA) is 132 Å². The number of likely N-dealkylation sites (tertiary alicyclic amines) is 1. The second-order valence-electron chi connectivity index (χ2n) is 8.94. The number of carbonyl (C=O) groups is 1. The zero-order valence-electron chi connectivity index (χ0n) is 19.8. The van der Waals surface area contributed by atoms with Gasteiger partial charge in [0.2, 0.25) is 5.91 Å². The van der Waals surface area contributed by atoms with Crippen molar-refractivity contribution in [2.24, 2.45) is 0 Å². The highest BCUT2D eigenvalue weighted by Gasteiger charge is 2.23. The van der Waals surface area contributed by atoms with Gasteiger partial charge in [-0.05, 0) is 51.0 Å². The largest absolute Gasteiger partial charge is 0.383 e. The summed E-state index contributed by atoms with van der Waals surface area (Å²) in [7, 11) is 0. The molecule has 11 heteroatoms. The van der Waals surface area contributed by atoms with E-state index in [2.05, 4.69) is 51.1 Å². The van der Waals surface area contributed by atoms with E-state index in [9.17, 15) is 4.79 Å². The van der Waals surface area contributed by atoms with Crippen LogP contribution in [-0.4, -0.2) is 64.5 Å². The van der Waals surface area contributed by atoms with E-state index < -0.39 is 0 Å². The van der Waals surface area contributed by atoms with Crippen molar-refractivity contribution in [2.45, 2.75) is 38.8 Å². The Morgan fingerprint density at radius 3 is 2.74 bits per heavy atom. The minimum absolute atomic E-state index is 0.0207. The minimum atomic E-state index is -0.0207. The predicted molar refractivity (Wildman–Crippen MR) is 133 cm³/mol. The highest BCUT2D eigenvalue weighted by atomic mass is 16.2. The molecule has 3 N–H and O–H groups in total. The first-order chi connectivity index (χ1) is 16.9. The van der Waals surface area contributed by atoms with Crippen LogP contribution in [0.15, 0.2) is 49.4 Å². The molecule has 5 heterocycles. The van der Waals surface area contributed by atoms with E-state index in [0.717, 1.165) is 29.8 Å². The van der Waals surface area contributed by atoms with Crippen LogP contribution in [0.5, 0.6) is 0 Å². The van der Waals surface area contributed by atoms with E-state index >= 15 is 0 Å². The molecule has 35 heavy (non-hydrogen) atoms. The Morgan fingerprint density at radius 2 is 2.00 bits per heavy atom. The summed E-state index contributed by atoms with van der Waals surface area (Å²) in [4.78, 5) is 18.1. The molecular weight excluding hydrogens is 444 g/mol. The van der Waals surface area contributed by atoms with E-state index in [1.165, 1.54) is 6.08 Å². The lowest BCUT2D eigenvalue weighted by Crippen LogP contribution is -2.38. The lowest BCUT2D eigenvalue weighted by molar-refractivity contribution is -0.127. The average molecular weight is 473 g/mol. The Kier molecular flexibility index (Phi) is 5.89. The summed E-state index contributed by atoms with van der Waals surface area (Å²) in [5.74, 6) is 1.57. The molecule has 1 fully saturated rings. The van der Waals surface area contributed by atoms with Gasteiger partial charge in [0.05, 0.1) is 17.8 Å². The smallest absolute Gasteiger partial charge is 0.245 e. The van der Waals surface area contributed by atoms with Crippen molar-refractivity contribution in [3.8, 4) is 22.5 Å². The predicted octanol–water partition coefficient (Wildman–Crippen LogP) is 2.80. The molecule has 0 aliphatic carbocycles. The van der Waals surface area contributed by atoms with Gasteiger partial charge in [0.1, 0.15) is 11.6 Å². The van der Waals surface area contributed by atoms with E-state index in [0.29, 0.717) is 35.9 Å². The number of nitrogen functional groups attached to an aromatic ring is 1. The molecule has 0 aromatic carbocycles. The first-order valence-corrected chi connectivity index (χ1v) is 11.6. The van der Waals surface area contributed by atoms with Crippen LogP contribution in [0.25, 0.3) is 28.2 Å². The maximum absolute atomic E-state index is 11.9. The van der Waals surface area contributed by atoms with Gasteiger partial charge in [-0.2, -0.15) is 9.61 Å². The number of hydrogen-bond acceptors (Lipinski definition) is 8. The number of pyridine rings is 1. The third-order valence-electron chi connectivity index (χ3n) is 6.12. The summed E-state index contributed by atoms with van der Waals surface area (Å²) in [5, 5.41) is 21.1. The number of aromatic nitrogens is 7. The van der Waals surface area contributed by atoms with Crippen molar-refractivity contribution < 1.29 is 4.79 Å². The quantitative estimate of drug-likeness (QED) is 0.410. The molecule has 0 bridgehead atoms. The summed E-state index contributed by atoms with van der Waals surface area (Å²) in [6.07, 6.45) is 8.62. The first kappa shape index (κ1) is 22.5. The van der Waals surface area contributed by atoms with Gasteiger partial charge in [-0.3, -0.25) is 9.48 Å². The Morgan fingerprint density at radius 1 is 1.20 bits per heavy atom. The number of fused-ring (bicyclic) bond motifs is 1. The molecule has 1 aliphatic rings. The molecule has 1 aliphatic heterocycles. The summed E-state index contributed by atoms with van der Waals surface area (Å²) < 4.78 is 3.64. The number of carbonyl (C=O) groups excluding carboxylic acids is 1. The molecule has 5 rings (SSSR count). The summed E-state index contributed by atoms with van der Waals surface area (Å²) in [5.41, 5.74) is 9.30. The molecule has 0 saturated carbocycles. The van der Waals surface area contributed by atoms with Crippen LogP contribution in [-0.2, 0) is 4.79 Å². The lowest BCUT2D eigenvalue weighted by Gasteiger charge is -2.31. The Hall–Kier alpha value is -4.28. The highest BCUT2D eigenvalue weighted by molar-refractivity contribution is 5.87. The summed E-state index contributed by atoms with van der Waals surface area (Å²) >= 11 is 0. The maximum Gasteiger partial charge on any atom is 0.245 e. The van der Waals surface area contributed by atoms with Gasteiger partial charge in [-0.15, -0.1) is 15.3 Å². The fourth-order valence-corrected chi connectivity index (χ4v) is 4.31. The van der Waals surface area contributed by atoms with Gasteiger partial charge in [-0.1, -0.05) is 6.58 Å². The zero-order valence-corrected chi connectivity index (χ0v) is 19.8. The number of piperidine rings is 1. The van der Waals surface area contributed by atoms with Crippen molar-refractivity contribution in [1.82, 2.24) is 39.5 Å². The fourth-order valence-electron chi connectivity index (χ4n) is 4.31. The van der Waals surface area contributed by atoms with E-state index in [1.54, 1.807) is 10.7 Å². The van der Waals surface area contributed by atoms with Crippen LogP contribution < -0.4 is 11.1 Å². The molecule has 0 spiro atoms. The fraction of sp³-hybridized carbons (Fsp3) is 0.333. The summed E-state index contributed by atoms with van der Waals surface area (Å²) in [6, 6.07) is 6.14. The van der Waals surface area contributed by atoms with Crippen LogP contribution in [0.2, 0.25) is 0 Å². The molecule has 4 aromatic rings. The number of nitrogens with one attached hydrogen (secondary N) is 1. The van der Waals surface area contributed by atoms with Crippen molar-refractivity contribution in [3.05, 3.63) is 49.4 Å². The van der Waals surface area contributed by atoms with Gasteiger partial charge >= 0.3 is 0 Å². The SMILES string of the molecule is C=CC(=O)N1CCC(n2cc(-c3cnc(N)c(-c4nnc5ccc(NC(C)C)nn45)c3)cn2)CC1. The average Bonchev–Trinajstić information content (AvgIpc) is 3.51. The zero-order chi connectivity index (χ0) is 24.5. The molecule has 0 atom stereocenters. The van der Waals surface area contributed by atoms with Crippen molar-refractivity contribution in [3.63, 3.8) is 0 Å². The summed E-state index contributed by atoms with van der Waals surface area (Å²) in [6.45, 7) is 9.06. The Bertz CT molecular complexity index is 1380. The number of rotatable bonds is 6. The molecule has 180 valence electrons. The molecule has 4 aromatic heterocycles. The van der Waals surface area contributed by atoms with E-state index in [4.69, 9.17) is 5.73 Å². The highest BCUT2D eigenvalue weighted by Crippen LogP contribution is 2.30. The van der Waals surface area contributed by atoms with Gasteiger partial charge < -0.3 is 16.0 Å². The molecule has 1 amide bonds. The monoisotopic (exact) mass is 472 g/mol. The number of nitrogens with two attached hydrogens (primary N) is 1. The number of hydrogen-bond donors (Lipinski definition) is 2. The lowest BCUT2D eigenvalue weighted by atomic mass is 10.0.